The fourth-order valence-corrected chi connectivity index (χ4v) is 5.07. The van der Waals surface area contributed by atoms with Crippen LogP contribution in [0.5, 0.6) is 11.5 Å². The van der Waals surface area contributed by atoms with Crippen molar-refractivity contribution in [1.82, 2.24) is 0 Å². The van der Waals surface area contributed by atoms with Crippen molar-refractivity contribution in [3.05, 3.63) is 29.8 Å². The van der Waals surface area contributed by atoms with Crippen LogP contribution in [0.4, 0.5) is 0 Å². The fourth-order valence-electron chi connectivity index (χ4n) is 5.07. The lowest BCUT2D eigenvalue weighted by molar-refractivity contribution is -0.137. The van der Waals surface area contributed by atoms with Crippen LogP contribution in [0.1, 0.15) is 160 Å². The van der Waals surface area contributed by atoms with Crippen molar-refractivity contribution in [1.29, 1.82) is 0 Å². The smallest absolute Gasteiger partial charge is 0.330 e. The molecule has 0 aliphatic heterocycles. The summed E-state index contributed by atoms with van der Waals surface area (Å²) in [5, 5.41) is 9.62. The molecule has 0 aliphatic carbocycles. The monoisotopic (exact) mass is 544 g/mol. The highest BCUT2D eigenvalue weighted by molar-refractivity contribution is 5.87. The Hall–Kier alpha value is -1.97. The van der Waals surface area contributed by atoms with Crippen molar-refractivity contribution < 1.29 is 19.4 Å². The Labute approximate surface area is 241 Å². The highest BCUT2D eigenvalue weighted by Gasteiger charge is 2.02. The number of phenolic OH excluding ortho intramolecular Hbond substituents is 1. The second-order valence-corrected chi connectivity index (χ2v) is 11.2. The summed E-state index contributed by atoms with van der Waals surface area (Å²) in [6.45, 7) is 2.76. The molecule has 4 heteroatoms. The fraction of sp³-hybridized carbons (Fsp3) is 0.743. The van der Waals surface area contributed by atoms with Gasteiger partial charge in [-0.2, -0.15) is 0 Å². The Morgan fingerprint density at radius 2 is 1.08 bits per heavy atom. The van der Waals surface area contributed by atoms with Gasteiger partial charge in [-0.25, -0.2) is 4.79 Å². The van der Waals surface area contributed by atoms with Gasteiger partial charge in [0.05, 0.1) is 13.7 Å². The molecule has 1 aromatic rings. The number of ether oxygens (including phenoxy) is 2. The third kappa shape index (κ3) is 21.5. The molecule has 0 atom stereocenters. The summed E-state index contributed by atoms with van der Waals surface area (Å²) in [7, 11) is 1.50. The minimum atomic E-state index is -0.333. The van der Waals surface area contributed by atoms with E-state index in [-0.39, 0.29) is 11.7 Å². The quantitative estimate of drug-likeness (QED) is 0.0680. The number of rotatable bonds is 27. The first kappa shape index (κ1) is 35.1. The minimum Gasteiger partial charge on any atom is -0.504 e. The molecular weight excluding hydrogens is 484 g/mol. The first-order valence-electron chi connectivity index (χ1n) is 16.4. The Bertz CT molecular complexity index is 727. The number of esters is 1. The molecule has 0 saturated heterocycles. The number of unbranched alkanes of at least 4 members (excludes halogenated alkanes) is 22. The summed E-state index contributed by atoms with van der Waals surface area (Å²) in [5.74, 6) is 0.133. The van der Waals surface area contributed by atoms with E-state index in [0.29, 0.717) is 12.4 Å². The van der Waals surface area contributed by atoms with Gasteiger partial charge in [0, 0.05) is 6.08 Å². The van der Waals surface area contributed by atoms with Gasteiger partial charge in [0.25, 0.3) is 0 Å². The van der Waals surface area contributed by atoms with Gasteiger partial charge >= 0.3 is 5.97 Å². The first-order valence-corrected chi connectivity index (χ1v) is 16.4. The SMILES string of the molecule is CCCCCCCCCCCCCCCCCCCCCCCCCOC(=O)C=Cc1ccc(O)c(OC)c1. The molecule has 0 heterocycles. The number of aromatic hydroxyl groups is 1. The van der Waals surface area contributed by atoms with E-state index < -0.39 is 0 Å². The van der Waals surface area contributed by atoms with E-state index in [1.54, 1.807) is 24.3 Å². The Balaban J connectivity index is 1.78. The molecule has 0 aliphatic rings. The molecule has 0 bridgehead atoms. The van der Waals surface area contributed by atoms with Crippen molar-refractivity contribution in [2.24, 2.45) is 0 Å². The number of carbonyl (C=O) groups excluding carboxylic acids is 1. The van der Waals surface area contributed by atoms with Crippen LogP contribution in [0.3, 0.4) is 0 Å². The first-order chi connectivity index (χ1) is 19.2. The molecule has 1 aromatic carbocycles. The van der Waals surface area contributed by atoms with Crippen molar-refractivity contribution in [3.63, 3.8) is 0 Å². The molecule has 0 unspecified atom stereocenters. The Morgan fingerprint density at radius 3 is 1.49 bits per heavy atom. The number of carbonyl (C=O) groups is 1. The number of hydrogen-bond donors (Lipinski definition) is 1. The van der Waals surface area contributed by atoms with Crippen LogP contribution in [-0.2, 0) is 9.53 Å². The van der Waals surface area contributed by atoms with E-state index in [9.17, 15) is 9.90 Å². The topological polar surface area (TPSA) is 55.8 Å². The van der Waals surface area contributed by atoms with E-state index in [1.807, 2.05) is 0 Å². The van der Waals surface area contributed by atoms with E-state index in [4.69, 9.17) is 9.47 Å². The predicted molar refractivity (Wildman–Crippen MR) is 167 cm³/mol. The zero-order chi connectivity index (χ0) is 28.2. The van der Waals surface area contributed by atoms with Gasteiger partial charge in [-0.15, -0.1) is 0 Å². The Morgan fingerprint density at radius 1 is 0.667 bits per heavy atom. The summed E-state index contributed by atoms with van der Waals surface area (Å²) >= 11 is 0. The van der Waals surface area contributed by atoms with Crippen LogP contribution < -0.4 is 4.74 Å². The standard InChI is InChI=1S/C35H60O4/c1-3-4-5-6-7-8-9-10-11-12-13-14-15-16-17-18-19-20-21-22-23-24-25-30-39-35(37)29-27-32-26-28-33(36)34(31-32)38-2/h26-29,31,36H,3-25,30H2,1-2H3. The van der Waals surface area contributed by atoms with E-state index in [0.717, 1.165) is 18.4 Å². The number of hydrogen-bond acceptors (Lipinski definition) is 4. The molecule has 0 spiro atoms. The Kier molecular flexibility index (Phi) is 23.6. The van der Waals surface area contributed by atoms with Crippen LogP contribution in [0.25, 0.3) is 6.08 Å². The molecule has 0 saturated carbocycles. The summed E-state index contributed by atoms with van der Waals surface area (Å²) in [4.78, 5) is 11.9. The molecule has 0 radical (unpaired) electrons. The van der Waals surface area contributed by atoms with Crippen molar-refractivity contribution in [3.8, 4) is 11.5 Å². The maximum Gasteiger partial charge on any atom is 0.330 e. The molecular formula is C35H60O4. The highest BCUT2D eigenvalue weighted by Crippen LogP contribution is 2.26. The van der Waals surface area contributed by atoms with E-state index >= 15 is 0 Å². The van der Waals surface area contributed by atoms with Crippen LogP contribution >= 0.6 is 0 Å². The van der Waals surface area contributed by atoms with Gasteiger partial charge in [0.15, 0.2) is 11.5 Å². The lowest BCUT2D eigenvalue weighted by Crippen LogP contribution is -2.02. The summed E-state index contributed by atoms with van der Waals surface area (Å²) in [6.07, 6.45) is 34.7. The maximum absolute atomic E-state index is 11.9. The molecule has 1 rings (SSSR count). The van der Waals surface area contributed by atoms with Gasteiger partial charge in [0.2, 0.25) is 0 Å². The third-order valence-corrected chi connectivity index (χ3v) is 7.61. The number of benzene rings is 1. The zero-order valence-corrected chi connectivity index (χ0v) is 25.5. The largest absolute Gasteiger partial charge is 0.504 e. The zero-order valence-electron chi connectivity index (χ0n) is 25.5. The van der Waals surface area contributed by atoms with Crippen molar-refractivity contribution in [2.75, 3.05) is 13.7 Å². The second kappa shape index (κ2) is 26.3. The molecule has 224 valence electrons. The summed E-state index contributed by atoms with van der Waals surface area (Å²) in [6, 6.07) is 4.95. The molecule has 0 aromatic heterocycles. The maximum atomic E-state index is 11.9. The normalized spacial score (nSPS) is 11.3. The number of phenols is 1. The molecule has 1 N–H and O–H groups in total. The van der Waals surface area contributed by atoms with Crippen LogP contribution in [-0.4, -0.2) is 24.8 Å². The van der Waals surface area contributed by atoms with Crippen LogP contribution in [0, 0.1) is 0 Å². The van der Waals surface area contributed by atoms with E-state index in [1.165, 1.54) is 148 Å². The molecule has 4 nitrogen and oxygen atoms in total. The minimum absolute atomic E-state index is 0.0810. The highest BCUT2D eigenvalue weighted by atomic mass is 16.5. The van der Waals surface area contributed by atoms with Crippen molar-refractivity contribution in [2.45, 2.75) is 155 Å². The van der Waals surface area contributed by atoms with Crippen LogP contribution in [0.2, 0.25) is 0 Å². The van der Waals surface area contributed by atoms with Crippen LogP contribution in [0.15, 0.2) is 24.3 Å². The average Bonchev–Trinajstić information content (AvgIpc) is 2.94. The van der Waals surface area contributed by atoms with Gasteiger partial charge < -0.3 is 14.6 Å². The van der Waals surface area contributed by atoms with Gasteiger partial charge in [-0.1, -0.05) is 154 Å². The van der Waals surface area contributed by atoms with Crippen molar-refractivity contribution >= 4 is 12.0 Å². The van der Waals surface area contributed by atoms with Gasteiger partial charge in [-0.3, -0.25) is 0 Å². The molecule has 0 fully saturated rings. The van der Waals surface area contributed by atoms with E-state index in [2.05, 4.69) is 6.92 Å². The van der Waals surface area contributed by atoms with Gasteiger partial charge in [-0.05, 0) is 30.2 Å². The second-order valence-electron chi connectivity index (χ2n) is 11.2. The molecule has 39 heavy (non-hydrogen) atoms. The van der Waals surface area contributed by atoms with Gasteiger partial charge in [0.1, 0.15) is 0 Å². The average molecular weight is 545 g/mol. The lowest BCUT2D eigenvalue weighted by Gasteiger charge is -2.05. The summed E-state index contributed by atoms with van der Waals surface area (Å²) in [5.41, 5.74) is 0.779. The third-order valence-electron chi connectivity index (χ3n) is 7.61. The molecule has 0 amide bonds. The lowest BCUT2D eigenvalue weighted by atomic mass is 10.0. The summed E-state index contributed by atoms with van der Waals surface area (Å²) < 4.78 is 10.4. The number of methoxy groups -OCH3 is 1. The predicted octanol–water partition coefficient (Wildman–Crippen LogP) is 10.9.